The predicted octanol–water partition coefficient (Wildman–Crippen LogP) is 3.62. The van der Waals surface area contributed by atoms with Gasteiger partial charge in [0.1, 0.15) is 0 Å². The topological polar surface area (TPSA) is 30.5 Å². The summed E-state index contributed by atoms with van der Waals surface area (Å²) in [7, 11) is 3.33. The fraction of sp³-hybridized carbons (Fsp3) is 0.333. The van der Waals surface area contributed by atoms with E-state index in [4.69, 9.17) is 9.47 Å². The molecular weight excluding hydrogens is 258 g/mol. The quantitative estimate of drug-likeness (QED) is 0.875. The molecule has 0 aliphatic heterocycles. The molecule has 1 unspecified atom stereocenters. The van der Waals surface area contributed by atoms with Gasteiger partial charge >= 0.3 is 0 Å². The van der Waals surface area contributed by atoms with Gasteiger partial charge in [-0.3, -0.25) is 0 Å². The Morgan fingerprint density at radius 1 is 1.16 bits per heavy atom. The first kappa shape index (κ1) is 13.9. The standard InChI is InChI=1S/C15H19NO2S/c1-11(14-8-5-9-19-14)16-10-12-6-4-7-13(17-2)15(12)18-3/h4-9,11,16H,10H2,1-3H3. The second-order valence-corrected chi connectivity index (χ2v) is 5.25. The van der Waals surface area contributed by atoms with Crippen LogP contribution in [0.15, 0.2) is 35.7 Å². The van der Waals surface area contributed by atoms with Crippen molar-refractivity contribution in [2.24, 2.45) is 0 Å². The lowest BCUT2D eigenvalue weighted by atomic mass is 10.1. The fourth-order valence-corrected chi connectivity index (χ4v) is 2.75. The van der Waals surface area contributed by atoms with Crippen molar-refractivity contribution in [1.82, 2.24) is 5.32 Å². The number of methoxy groups -OCH3 is 2. The van der Waals surface area contributed by atoms with E-state index in [1.165, 1.54) is 4.88 Å². The van der Waals surface area contributed by atoms with Gasteiger partial charge in [-0.1, -0.05) is 18.2 Å². The number of hydrogen-bond acceptors (Lipinski definition) is 4. The number of ether oxygens (including phenoxy) is 2. The molecule has 2 rings (SSSR count). The third kappa shape index (κ3) is 3.28. The van der Waals surface area contributed by atoms with E-state index in [1.54, 1.807) is 25.6 Å². The Bertz CT molecular complexity index is 511. The fourth-order valence-electron chi connectivity index (χ4n) is 1.99. The number of benzene rings is 1. The summed E-state index contributed by atoms with van der Waals surface area (Å²) in [6, 6.07) is 10.5. The molecule has 1 atom stereocenters. The van der Waals surface area contributed by atoms with E-state index in [1.807, 2.05) is 12.1 Å². The summed E-state index contributed by atoms with van der Waals surface area (Å²) in [5.41, 5.74) is 1.10. The first-order chi connectivity index (χ1) is 9.26. The molecular formula is C15H19NO2S. The summed E-state index contributed by atoms with van der Waals surface area (Å²) in [6.45, 7) is 2.91. The first-order valence-corrected chi connectivity index (χ1v) is 7.11. The smallest absolute Gasteiger partial charge is 0.165 e. The van der Waals surface area contributed by atoms with Gasteiger partial charge in [0.15, 0.2) is 11.5 Å². The molecule has 1 aromatic carbocycles. The van der Waals surface area contributed by atoms with Gasteiger partial charge in [0, 0.05) is 23.0 Å². The van der Waals surface area contributed by atoms with Crippen molar-refractivity contribution in [3.63, 3.8) is 0 Å². The van der Waals surface area contributed by atoms with Crippen LogP contribution in [0.3, 0.4) is 0 Å². The molecule has 1 N–H and O–H groups in total. The van der Waals surface area contributed by atoms with Crippen LogP contribution in [0.4, 0.5) is 0 Å². The zero-order chi connectivity index (χ0) is 13.7. The SMILES string of the molecule is COc1cccc(CNC(C)c2cccs2)c1OC. The van der Waals surface area contributed by atoms with Gasteiger partial charge in [0.25, 0.3) is 0 Å². The van der Waals surface area contributed by atoms with Crippen LogP contribution >= 0.6 is 11.3 Å². The molecule has 1 heterocycles. The van der Waals surface area contributed by atoms with Gasteiger partial charge in [-0.25, -0.2) is 0 Å². The van der Waals surface area contributed by atoms with E-state index in [9.17, 15) is 0 Å². The molecule has 0 aliphatic carbocycles. The maximum atomic E-state index is 5.43. The molecule has 102 valence electrons. The van der Waals surface area contributed by atoms with Crippen LogP contribution in [0.25, 0.3) is 0 Å². The Morgan fingerprint density at radius 2 is 2.00 bits per heavy atom. The zero-order valence-corrected chi connectivity index (χ0v) is 12.3. The normalized spacial score (nSPS) is 12.2. The molecule has 2 aromatic rings. The summed E-state index contributed by atoms with van der Waals surface area (Å²) < 4.78 is 10.7. The van der Waals surface area contributed by atoms with Crippen LogP contribution in [0, 0.1) is 0 Å². The second kappa shape index (κ2) is 6.59. The minimum atomic E-state index is 0.330. The maximum absolute atomic E-state index is 5.43. The van der Waals surface area contributed by atoms with Crippen molar-refractivity contribution in [3.05, 3.63) is 46.2 Å². The van der Waals surface area contributed by atoms with Crippen LogP contribution in [0.1, 0.15) is 23.4 Å². The number of rotatable bonds is 6. The number of thiophene rings is 1. The third-order valence-corrected chi connectivity index (χ3v) is 4.11. The lowest BCUT2D eigenvalue weighted by Gasteiger charge is -2.16. The van der Waals surface area contributed by atoms with E-state index in [-0.39, 0.29) is 0 Å². The van der Waals surface area contributed by atoms with Crippen molar-refractivity contribution in [1.29, 1.82) is 0 Å². The zero-order valence-electron chi connectivity index (χ0n) is 11.5. The van der Waals surface area contributed by atoms with Crippen molar-refractivity contribution < 1.29 is 9.47 Å². The van der Waals surface area contributed by atoms with Gasteiger partial charge in [-0.05, 0) is 24.4 Å². The van der Waals surface area contributed by atoms with E-state index in [0.29, 0.717) is 6.04 Å². The number of nitrogens with one attached hydrogen (secondary N) is 1. The van der Waals surface area contributed by atoms with Crippen molar-refractivity contribution in [2.75, 3.05) is 14.2 Å². The molecule has 0 spiro atoms. The van der Waals surface area contributed by atoms with Gasteiger partial charge in [-0.2, -0.15) is 0 Å². The minimum absolute atomic E-state index is 0.330. The van der Waals surface area contributed by atoms with Crippen molar-refractivity contribution >= 4 is 11.3 Å². The molecule has 0 bridgehead atoms. The van der Waals surface area contributed by atoms with Gasteiger partial charge < -0.3 is 14.8 Å². The summed E-state index contributed by atoms with van der Waals surface area (Å²) in [5, 5.41) is 5.60. The maximum Gasteiger partial charge on any atom is 0.165 e. The summed E-state index contributed by atoms with van der Waals surface area (Å²) in [6.07, 6.45) is 0. The summed E-state index contributed by atoms with van der Waals surface area (Å²) in [4.78, 5) is 1.34. The van der Waals surface area contributed by atoms with Crippen molar-refractivity contribution in [2.45, 2.75) is 19.5 Å². The predicted molar refractivity (Wildman–Crippen MR) is 79.1 cm³/mol. The molecule has 4 heteroatoms. The highest BCUT2D eigenvalue weighted by Crippen LogP contribution is 2.31. The van der Waals surface area contributed by atoms with Gasteiger partial charge in [0.05, 0.1) is 14.2 Å². The highest BCUT2D eigenvalue weighted by molar-refractivity contribution is 7.10. The highest BCUT2D eigenvalue weighted by Gasteiger charge is 2.11. The Hall–Kier alpha value is -1.52. The summed E-state index contributed by atoms with van der Waals surface area (Å²) in [5.74, 6) is 1.57. The Labute approximate surface area is 118 Å². The third-order valence-electron chi connectivity index (χ3n) is 3.05. The molecule has 3 nitrogen and oxygen atoms in total. The monoisotopic (exact) mass is 277 g/mol. The molecule has 19 heavy (non-hydrogen) atoms. The number of hydrogen-bond donors (Lipinski definition) is 1. The lowest BCUT2D eigenvalue weighted by Crippen LogP contribution is -2.17. The Balaban J connectivity index is 2.07. The molecule has 0 aliphatic rings. The molecule has 1 aromatic heterocycles. The van der Waals surface area contributed by atoms with Gasteiger partial charge in [-0.15, -0.1) is 11.3 Å². The average Bonchev–Trinajstić information content (AvgIpc) is 2.98. The van der Waals surface area contributed by atoms with Crippen LogP contribution < -0.4 is 14.8 Å². The van der Waals surface area contributed by atoms with Gasteiger partial charge in [0.2, 0.25) is 0 Å². The average molecular weight is 277 g/mol. The molecule has 0 saturated carbocycles. The van der Waals surface area contributed by atoms with Crippen molar-refractivity contribution in [3.8, 4) is 11.5 Å². The minimum Gasteiger partial charge on any atom is -0.493 e. The Morgan fingerprint density at radius 3 is 2.63 bits per heavy atom. The van der Waals surface area contributed by atoms with Crippen LogP contribution in [0.5, 0.6) is 11.5 Å². The molecule has 0 radical (unpaired) electrons. The molecule has 0 saturated heterocycles. The van der Waals surface area contributed by atoms with E-state index < -0.39 is 0 Å². The van der Waals surface area contributed by atoms with Crippen LogP contribution in [-0.2, 0) is 6.54 Å². The Kier molecular flexibility index (Phi) is 4.82. The van der Waals surface area contributed by atoms with E-state index >= 15 is 0 Å². The van der Waals surface area contributed by atoms with E-state index in [0.717, 1.165) is 23.6 Å². The van der Waals surface area contributed by atoms with E-state index in [2.05, 4.69) is 35.8 Å². The molecule has 0 fully saturated rings. The second-order valence-electron chi connectivity index (χ2n) is 4.27. The van der Waals surface area contributed by atoms with Crippen LogP contribution in [0.2, 0.25) is 0 Å². The van der Waals surface area contributed by atoms with Crippen LogP contribution in [-0.4, -0.2) is 14.2 Å². The molecule has 0 amide bonds. The summed E-state index contributed by atoms with van der Waals surface area (Å²) >= 11 is 1.77. The number of para-hydroxylation sites is 1. The lowest BCUT2D eigenvalue weighted by molar-refractivity contribution is 0.350. The first-order valence-electron chi connectivity index (χ1n) is 6.23. The largest absolute Gasteiger partial charge is 0.493 e. The highest BCUT2D eigenvalue weighted by atomic mass is 32.1.